The third-order valence-corrected chi connectivity index (χ3v) is 3.26. The summed E-state index contributed by atoms with van der Waals surface area (Å²) >= 11 is 0. The Bertz CT molecular complexity index is 284. The number of carboxylic acid groups (broad SMARTS) is 1. The summed E-state index contributed by atoms with van der Waals surface area (Å²) in [5.41, 5.74) is -0.184. The third-order valence-electron chi connectivity index (χ3n) is 3.26. The summed E-state index contributed by atoms with van der Waals surface area (Å²) in [7, 11) is 0. The molecule has 0 heterocycles. The molecule has 0 saturated heterocycles. The topological polar surface area (TPSA) is 58.9 Å². The van der Waals surface area contributed by atoms with Crippen LogP contribution < -0.4 is 0 Å². The number of hydrogen-bond acceptors (Lipinski definition) is 3. The number of aliphatic carboxylic acids is 1. The van der Waals surface area contributed by atoms with E-state index in [1.165, 1.54) is 0 Å². The fourth-order valence-electron chi connectivity index (χ4n) is 1.88. The van der Waals surface area contributed by atoms with E-state index < -0.39 is 5.97 Å². The van der Waals surface area contributed by atoms with Gasteiger partial charge in [-0.3, -0.25) is 4.79 Å². The maximum Gasteiger partial charge on any atom is 0.307 e. The molecule has 1 aliphatic carbocycles. The lowest BCUT2D eigenvalue weighted by atomic mass is 10.1. The van der Waals surface area contributed by atoms with Crippen LogP contribution in [-0.4, -0.2) is 23.9 Å². The second-order valence-electron chi connectivity index (χ2n) is 5.43. The van der Waals surface area contributed by atoms with Crippen LogP contribution in [0.25, 0.3) is 0 Å². The summed E-state index contributed by atoms with van der Waals surface area (Å²) in [6.07, 6.45) is 2.60. The number of nitrogens with zero attached hydrogens (tertiary/aromatic N) is 1. The molecular formula is C12H21NO3. The van der Waals surface area contributed by atoms with Gasteiger partial charge in [-0.05, 0) is 17.8 Å². The summed E-state index contributed by atoms with van der Waals surface area (Å²) < 4.78 is 0. The molecule has 1 fully saturated rings. The number of hydrogen-bond donors (Lipinski definition) is 1. The first-order valence-corrected chi connectivity index (χ1v) is 5.75. The van der Waals surface area contributed by atoms with Crippen LogP contribution in [0.3, 0.4) is 0 Å². The zero-order valence-electron chi connectivity index (χ0n) is 10.4. The molecule has 0 spiro atoms. The minimum absolute atomic E-state index is 0.00375. The summed E-state index contributed by atoms with van der Waals surface area (Å²) in [6, 6.07) is 0. The van der Waals surface area contributed by atoms with Crippen molar-refractivity contribution in [1.29, 1.82) is 0 Å². The van der Waals surface area contributed by atoms with Crippen molar-refractivity contribution < 1.29 is 14.7 Å². The van der Waals surface area contributed by atoms with Gasteiger partial charge in [0, 0.05) is 12.1 Å². The van der Waals surface area contributed by atoms with Crippen molar-refractivity contribution in [2.75, 3.05) is 6.61 Å². The van der Waals surface area contributed by atoms with Crippen LogP contribution in [0.1, 0.15) is 34.1 Å². The third kappa shape index (κ3) is 2.97. The first kappa shape index (κ1) is 13.0. The smallest absolute Gasteiger partial charge is 0.307 e. The van der Waals surface area contributed by atoms with E-state index in [4.69, 9.17) is 9.94 Å². The summed E-state index contributed by atoms with van der Waals surface area (Å²) in [6.45, 7) is 8.72. The Kier molecular flexibility index (Phi) is 3.94. The van der Waals surface area contributed by atoms with E-state index in [1.807, 2.05) is 13.8 Å². The highest BCUT2D eigenvalue weighted by molar-refractivity contribution is 5.84. The van der Waals surface area contributed by atoms with Gasteiger partial charge < -0.3 is 9.94 Å². The molecule has 0 aromatic rings. The summed E-state index contributed by atoms with van der Waals surface area (Å²) in [4.78, 5) is 16.0. The summed E-state index contributed by atoms with van der Waals surface area (Å²) in [5, 5.41) is 12.8. The molecule has 0 radical (unpaired) electrons. The Morgan fingerprint density at radius 1 is 1.56 bits per heavy atom. The van der Waals surface area contributed by atoms with Gasteiger partial charge in [0.05, 0.1) is 5.92 Å². The largest absolute Gasteiger partial charge is 0.481 e. The van der Waals surface area contributed by atoms with Gasteiger partial charge >= 0.3 is 5.97 Å². The van der Waals surface area contributed by atoms with E-state index in [0.29, 0.717) is 12.5 Å². The van der Waals surface area contributed by atoms with Gasteiger partial charge in [-0.1, -0.05) is 32.9 Å². The average Bonchev–Trinajstić information content (AvgIpc) is 2.67. The molecule has 4 nitrogen and oxygen atoms in total. The van der Waals surface area contributed by atoms with Crippen LogP contribution in [0.5, 0.6) is 0 Å². The second kappa shape index (κ2) is 4.85. The van der Waals surface area contributed by atoms with Crippen LogP contribution in [0, 0.1) is 23.2 Å². The molecule has 2 atom stereocenters. The zero-order chi connectivity index (χ0) is 12.3. The fraction of sp³-hybridized carbons (Fsp3) is 0.833. The molecule has 1 aliphatic rings. The maximum absolute atomic E-state index is 10.9. The van der Waals surface area contributed by atoms with Crippen LogP contribution in [0.2, 0.25) is 0 Å². The molecule has 0 bridgehead atoms. The lowest BCUT2D eigenvalue weighted by Gasteiger charge is -2.01. The van der Waals surface area contributed by atoms with Gasteiger partial charge in [-0.2, -0.15) is 0 Å². The molecule has 0 aromatic carbocycles. The van der Waals surface area contributed by atoms with Crippen LogP contribution >= 0.6 is 0 Å². The Morgan fingerprint density at radius 2 is 2.19 bits per heavy atom. The van der Waals surface area contributed by atoms with E-state index in [2.05, 4.69) is 19.0 Å². The maximum atomic E-state index is 10.9. The first-order chi connectivity index (χ1) is 7.37. The number of oxime groups is 1. The van der Waals surface area contributed by atoms with Crippen LogP contribution in [-0.2, 0) is 9.63 Å². The molecule has 1 N–H and O–H groups in total. The Balaban J connectivity index is 2.28. The van der Waals surface area contributed by atoms with E-state index in [9.17, 15) is 4.79 Å². The Labute approximate surface area is 96.7 Å². The molecule has 92 valence electrons. The minimum Gasteiger partial charge on any atom is -0.481 e. The minimum atomic E-state index is -0.747. The molecule has 1 unspecified atom stereocenters. The molecule has 4 heteroatoms. The van der Waals surface area contributed by atoms with Crippen LogP contribution in [0.15, 0.2) is 5.16 Å². The predicted molar refractivity (Wildman–Crippen MR) is 62.3 cm³/mol. The van der Waals surface area contributed by atoms with Gasteiger partial charge in [0.25, 0.3) is 0 Å². The first-order valence-electron chi connectivity index (χ1n) is 5.75. The molecule has 16 heavy (non-hydrogen) atoms. The van der Waals surface area contributed by atoms with Crippen molar-refractivity contribution in [2.45, 2.75) is 34.1 Å². The van der Waals surface area contributed by atoms with Gasteiger partial charge in [-0.15, -0.1) is 0 Å². The van der Waals surface area contributed by atoms with Crippen molar-refractivity contribution >= 4 is 12.2 Å². The molecule has 0 aromatic heterocycles. The molecular weight excluding hydrogens is 206 g/mol. The highest BCUT2D eigenvalue weighted by Crippen LogP contribution is 2.57. The SMILES string of the molecule is CC(C)CCON=CC1[C@@H](C(=O)O)C1(C)C. The van der Waals surface area contributed by atoms with E-state index in [0.717, 1.165) is 6.42 Å². The zero-order valence-corrected chi connectivity index (χ0v) is 10.4. The quantitative estimate of drug-likeness (QED) is 0.430. The highest BCUT2D eigenvalue weighted by atomic mass is 16.6. The number of rotatable bonds is 6. The monoisotopic (exact) mass is 227 g/mol. The standard InChI is InChI=1S/C12H21NO3/c1-8(2)5-6-16-13-7-9-10(11(14)15)12(9,3)4/h7-10H,5-6H2,1-4H3,(H,14,15)/t9?,10-/m0/s1. The van der Waals surface area contributed by atoms with Crippen molar-refractivity contribution in [1.82, 2.24) is 0 Å². The van der Waals surface area contributed by atoms with Crippen molar-refractivity contribution in [3.8, 4) is 0 Å². The molecule has 0 amide bonds. The van der Waals surface area contributed by atoms with Gasteiger partial charge in [0.1, 0.15) is 6.61 Å². The molecule has 1 rings (SSSR count). The average molecular weight is 227 g/mol. The normalized spacial score (nSPS) is 27.3. The van der Waals surface area contributed by atoms with Gasteiger partial charge in [0.15, 0.2) is 0 Å². The van der Waals surface area contributed by atoms with Gasteiger partial charge in [0.2, 0.25) is 0 Å². The fourth-order valence-corrected chi connectivity index (χ4v) is 1.88. The van der Waals surface area contributed by atoms with Crippen LogP contribution in [0.4, 0.5) is 0 Å². The lowest BCUT2D eigenvalue weighted by Crippen LogP contribution is -2.03. The van der Waals surface area contributed by atoms with Crippen molar-refractivity contribution in [3.63, 3.8) is 0 Å². The number of carboxylic acids is 1. The highest BCUT2D eigenvalue weighted by Gasteiger charge is 2.61. The Morgan fingerprint density at radius 3 is 2.62 bits per heavy atom. The molecule has 1 saturated carbocycles. The molecule has 0 aliphatic heterocycles. The van der Waals surface area contributed by atoms with E-state index in [-0.39, 0.29) is 17.3 Å². The van der Waals surface area contributed by atoms with Gasteiger partial charge in [-0.25, -0.2) is 0 Å². The van der Waals surface area contributed by atoms with Crippen molar-refractivity contribution in [3.05, 3.63) is 0 Å². The number of carbonyl (C=O) groups is 1. The van der Waals surface area contributed by atoms with E-state index in [1.54, 1.807) is 6.21 Å². The Hall–Kier alpha value is -1.06. The predicted octanol–water partition coefficient (Wildman–Crippen LogP) is 2.39. The lowest BCUT2D eigenvalue weighted by molar-refractivity contribution is -0.139. The summed E-state index contributed by atoms with van der Waals surface area (Å²) in [5.74, 6) is -0.461. The van der Waals surface area contributed by atoms with E-state index >= 15 is 0 Å². The second-order valence-corrected chi connectivity index (χ2v) is 5.43. The van der Waals surface area contributed by atoms with Crippen molar-refractivity contribution in [2.24, 2.45) is 28.3 Å².